The van der Waals surface area contributed by atoms with E-state index in [0.29, 0.717) is 25.3 Å². The van der Waals surface area contributed by atoms with Gasteiger partial charge in [-0.3, -0.25) is 4.31 Å². The zero-order chi connectivity index (χ0) is 14.7. The van der Waals surface area contributed by atoms with Gasteiger partial charge in [-0.1, -0.05) is 18.2 Å². The number of benzene rings is 1. The van der Waals surface area contributed by atoms with E-state index in [1.807, 2.05) is 24.3 Å². The predicted molar refractivity (Wildman–Crippen MR) is 83.8 cm³/mol. The highest BCUT2D eigenvalue weighted by atomic mass is 32.2. The van der Waals surface area contributed by atoms with Crippen molar-refractivity contribution in [3.8, 4) is 0 Å². The summed E-state index contributed by atoms with van der Waals surface area (Å²) < 4.78 is 27.7. The van der Waals surface area contributed by atoms with Gasteiger partial charge in [0.05, 0.1) is 5.69 Å². The second-order valence-corrected chi connectivity index (χ2v) is 8.97. The van der Waals surface area contributed by atoms with Gasteiger partial charge in [0, 0.05) is 6.54 Å². The van der Waals surface area contributed by atoms with Crippen LogP contribution in [0.4, 0.5) is 5.69 Å². The maximum absolute atomic E-state index is 13.3. The molecule has 1 saturated carbocycles. The minimum absolute atomic E-state index is 0.564. The van der Waals surface area contributed by atoms with E-state index in [2.05, 4.69) is 11.9 Å². The number of nitrogens with zero attached hydrogens (tertiary/aromatic N) is 2. The molecule has 4 nitrogen and oxygen atoms in total. The quantitative estimate of drug-likeness (QED) is 0.841. The summed E-state index contributed by atoms with van der Waals surface area (Å²) in [6.07, 6.45) is 3.77. The van der Waals surface area contributed by atoms with Gasteiger partial charge in [0.15, 0.2) is 0 Å². The summed E-state index contributed by atoms with van der Waals surface area (Å²) >= 11 is 0. The Labute approximate surface area is 126 Å². The van der Waals surface area contributed by atoms with Gasteiger partial charge in [-0.2, -0.15) is 0 Å². The van der Waals surface area contributed by atoms with E-state index >= 15 is 0 Å². The molecule has 2 fully saturated rings. The Hall–Kier alpha value is -1.07. The molecule has 1 aromatic carbocycles. The molecule has 0 aromatic heterocycles. The van der Waals surface area contributed by atoms with Crippen LogP contribution in [0.2, 0.25) is 0 Å². The minimum atomic E-state index is -3.28. The van der Waals surface area contributed by atoms with Crippen LogP contribution in [0, 0.1) is 5.92 Å². The Balaban J connectivity index is 1.83. The van der Waals surface area contributed by atoms with Gasteiger partial charge in [0.2, 0.25) is 10.0 Å². The molecule has 1 aromatic rings. The van der Waals surface area contributed by atoms with Crippen molar-refractivity contribution >= 4 is 15.7 Å². The Bertz CT molecular complexity index is 659. The first-order valence-corrected chi connectivity index (χ1v) is 9.29. The molecule has 1 aliphatic carbocycles. The molecular formula is C16H22N2O2S. The third-order valence-electron chi connectivity index (χ3n) is 5.36. The van der Waals surface area contributed by atoms with Crippen molar-refractivity contribution in [3.63, 3.8) is 0 Å². The Morgan fingerprint density at radius 2 is 1.86 bits per heavy atom. The van der Waals surface area contributed by atoms with Crippen LogP contribution in [0.25, 0.3) is 0 Å². The molecule has 0 radical (unpaired) electrons. The van der Waals surface area contributed by atoms with E-state index in [9.17, 15) is 8.42 Å². The molecule has 1 spiro atoms. The molecule has 4 rings (SSSR count). The van der Waals surface area contributed by atoms with E-state index in [0.717, 1.165) is 24.3 Å². The Kier molecular flexibility index (Phi) is 2.89. The molecule has 0 bridgehead atoms. The molecule has 0 atom stereocenters. The lowest BCUT2D eigenvalue weighted by Crippen LogP contribution is -2.47. The normalized spacial score (nSPS) is 27.0. The van der Waals surface area contributed by atoms with Crippen LogP contribution in [0.3, 0.4) is 0 Å². The van der Waals surface area contributed by atoms with Crippen LogP contribution in [-0.4, -0.2) is 40.0 Å². The summed E-state index contributed by atoms with van der Waals surface area (Å²) in [7, 11) is -1.21. The number of likely N-dealkylation sites (tertiary alicyclic amines) is 1. The van der Waals surface area contributed by atoms with Gasteiger partial charge in [-0.25, -0.2) is 8.42 Å². The van der Waals surface area contributed by atoms with Crippen molar-refractivity contribution in [2.75, 3.05) is 31.0 Å². The fourth-order valence-corrected chi connectivity index (χ4v) is 6.19. The molecule has 2 aliphatic heterocycles. The van der Waals surface area contributed by atoms with Gasteiger partial charge in [0.25, 0.3) is 0 Å². The van der Waals surface area contributed by atoms with E-state index in [1.54, 1.807) is 4.31 Å². The summed E-state index contributed by atoms with van der Waals surface area (Å²) in [6.45, 7) is 2.38. The summed E-state index contributed by atoms with van der Waals surface area (Å²) in [5, 5.41) is 0. The smallest absolute Gasteiger partial charge is 0.245 e. The fourth-order valence-electron chi connectivity index (χ4n) is 3.79. The zero-order valence-corrected chi connectivity index (χ0v) is 13.3. The molecule has 3 aliphatic rings. The monoisotopic (exact) mass is 306 g/mol. The standard InChI is InChI=1S/C16H22N2O2S/c1-17-10-8-16(9-11-17)14-4-2-3-5-15(14)18(21(16,19)20)12-13-6-7-13/h2-5,13H,6-12H2,1H3. The highest BCUT2D eigenvalue weighted by Gasteiger charge is 2.57. The van der Waals surface area contributed by atoms with Crippen LogP contribution < -0.4 is 4.31 Å². The van der Waals surface area contributed by atoms with Gasteiger partial charge in [-0.05, 0) is 63.4 Å². The Morgan fingerprint density at radius 3 is 2.52 bits per heavy atom. The van der Waals surface area contributed by atoms with E-state index in [1.165, 1.54) is 12.8 Å². The highest BCUT2D eigenvalue weighted by molar-refractivity contribution is 7.94. The van der Waals surface area contributed by atoms with Crippen LogP contribution in [0.1, 0.15) is 31.2 Å². The van der Waals surface area contributed by atoms with Crippen molar-refractivity contribution in [1.29, 1.82) is 0 Å². The summed E-state index contributed by atoms with van der Waals surface area (Å²) in [6, 6.07) is 7.96. The van der Waals surface area contributed by atoms with Crippen LogP contribution >= 0.6 is 0 Å². The molecule has 0 unspecified atom stereocenters. The first-order chi connectivity index (χ1) is 10.0. The summed E-state index contributed by atoms with van der Waals surface area (Å²) in [5.41, 5.74) is 1.98. The number of piperidine rings is 1. The Morgan fingerprint density at radius 1 is 1.19 bits per heavy atom. The summed E-state index contributed by atoms with van der Waals surface area (Å²) in [4.78, 5) is 2.23. The third-order valence-corrected chi connectivity index (χ3v) is 7.90. The molecular weight excluding hydrogens is 284 g/mol. The van der Waals surface area contributed by atoms with Gasteiger partial charge >= 0.3 is 0 Å². The van der Waals surface area contributed by atoms with E-state index in [-0.39, 0.29) is 0 Å². The maximum Gasteiger partial charge on any atom is 0.245 e. The number of hydrogen-bond acceptors (Lipinski definition) is 3. The SMILES string of the molecule is CN1CCC2(CC1)c1ccccc1N(CC1CC1)S2(=O)=O. The van der Waals surface area contributed by atoms with Gasteiger partial charge in [0.1, 0.15) is 4.75 Å². The predicted octanol–water partition coefficient (Wildman–Crippen LogP) is 2.17. The fraction of sp³-hybridized carbons (Fsp3) is 0.625. The van der Waals surface area contributed by atoms with Crippen molar-refractivity contribution in [1.82, 2.24) is 4.90 Å². The maximum atomic E-state index is 13.3. The molecule has 2 heterocycles. The number of hydrogen-bond donors (Lipinski definition) is 0. The molecule has 114 valence electrons. The first-order valence-electron chi connectivity index (χ1n) is 7.85. The van der Waals surface area contributed by atoms with Crippen molar-refractivity contribution in [2.24, 2.45) is 5.92 Å². The number of rotatable bonds is 2. The topological polar surface area (TPSA) is 40.6 Å². The average molecular weight is 306 g/mol. The van der Waals surface area contributed by atoms with E-state index < -0.39 is 14.8 Å². The van der Waals surface area contributed by atoms with Crippen LogP contribution in [0.5, 0.6) is 0 Å². The lowest BCUT2D eigenvalue weighted by molar-refractivity contribution is 0.235. The second-order valence-electron chi connectivity index (χ2n) is 6.79. The minimum Gasteiger partial charge on any atom is -0.306 e. The molecule has 0 amide bonds. The van der Waals surface area contributed by atoms with E-state index in [4.69, 9.17) is 0 Å². The summed E-state index contributed by atoms with van der Waals surface area (Å²) in [5.74, 6) is 0.564. The largest absolute Gasteiger partial charge is 0.306 e. The van der Waals surface area contributed by atoms with Crippen molar-refractivity contribution in [2.45, 2.75) is 30.4 Å². The van der Waals surface area contributed by atoms with Crippen LogP contribution in [-0.2, 0) is 14.8 Å². The zero-order valence-electron chi connectivity index (χ0n) is 12.5. The first kappa shape index (κ1) is 13.6. The van der Waals surface area contributed by atoms with Crippen molar-refractivity contribution in [3.05, 3.63) is 29.8 Å². The molecule has 5 heteroatoms. The van der Waals surface area contributed by atoms with Gasteiger partial charge < -0.3 is 4.90 Å². The number of fused-ring (bicyclic) bond motifs is 2. The second kappa shape index (κ2) is 4.46. The van der Waals surface area contributed by atoms with Gasteiger partial charge in [-0.15, -0.1) is 0 Å². The highest BCUT2D eigenvalue weighted by Crippen LogP contribution is 2.53. The molecule has 21 heavy (non-hydrogen) atoms. The van der Waals surface area contributed by atoms with Crippen molar-refractivity contribution < 1.29 is 8.42 Å². The lowest BCUT2D eigenvalue weighted by atomic mass is 9.87. The lowest BCUT2D eigenvalue weighted by Gasteiger charge is -2.37. The molecule has 1 saturated heterocycles. The third kappa shape index (κ3) is 1.87. The average Bonchev–Trinajstić information content (AvgIpc) is 3.27. The molecule has 0 N–H and O–H groups in total. The number of anilines is 1. The van der Waals surface area contributed by atoms with Crippen LogP contribution in [0.15, 0.2) is 24.3 Å². The number of para-hydroxylation sites is 1. The number of sulfonamides is 1.